The number of anilines is 3. The highest BCUT2D eigenvalue weighted by Crippen LogP contribution is 2.41. The van der Waals surface area contributed by atoms with Gasteiger partial charge in [0.25, 0.3) is 0 Å². The lowest BCUT2D eigenvalue weighted by Crippen LogP contribution is -2.09. The van der Waals surface area contributed by atoms with E-state index in [1.807, 2.05) is 0 Å². The Morgan fingerprint density at radius 2 is 0.938 bits per heavy atom. The number of rotatable bonds is 6. The molecule has 9 rings (SSSR count). The lowest BCUT2D eigenvalue weighted by Gasteiger charge is -2.26. The minimum absolute atomic E-state index is 1.12. The van der Waals surface area contributed by atoms with Crippen molar-refractivity contribution in [1.29, 1.82) is 0 Å². The van der Waals surface area contributed by atoms with Crippen LogP contribution in [0.3, 0.4) is 0 Å². The second-order valence-electron chi connectivity index (χ2n) is 12.2. The summed E-state index contributed by atoms with van der Waals surface area (Å²) in [4.78, 5) is 2.35. The molecule has 0 saturated carbocycles. The van der Waals surface area contributed by atoms with Gasteiger partial charge in [-0.15, -0.1) is 0 Å². The summed E-state index contributed by atoms with van der Waals surface area (Å²) < 4.78 is 2.37. The Kier molecular flexibility index (Phi) is 6.84. The smallest absolute Gasteiger partial charge is 0.0541 e. The van der Waals surface area contributed by atoms with Crippen molar-refractivity contribution < 1.29 is 0 Å². The van der Waals surface area contributed by atoms with Crippen LogP contribution >= 0.6 is 0 Å². The molecule has 9 aromatic rings. The van der Waals surface area contributed by atoms with Crippen LogP contribution in [-0.4, -0.2) is 4.57 Å². The van der Waals surface area contributed by atoms with Crippen LogP contribution in [0.25, 0.3) is 60.5 Å². The Morgan fingerprint density at radius 3 is 1.75 bits per heavy atom. The van der Waals surface area contributed by atoms with E-state index in [2.05, 4.69) is 204 Å². The zero-order chi connectivity index (χ0) is 31.9. The number of para-hydroxylation sites is 3. The molecule has 48 heavy (non-hydrogen) atoms. The number of aromatic nitrogens is 1. The molecule has 0 bridgehead atoms. The summed E-state index contributed by atoms with van der Waals surface area (Å²) in [5.74, 6) is 0. The van der Waals surface area contributed by atoms with Crippen molar-refractivity contribution in [2.75, 3.05) is 4.90 Å². The summed E-state index contributed by atoms with van der Waals surface area (Å²) in [6, 6.07) is 69.9. The first-order valence-corrected chi connectivity index (χ1v) is 16.4. The second kappa shape index (κ2) is 11.8. The van der Waals surface area contributed by atoms with Crippen LogP contribution in [-0.2, 0) is 0 Å². The van der Waals surface area contributed by atoms with Gasteiger partial charge in [-0.2, -0.15) is 0 Å². The highest BCUT2D eigenvalue weighted by atomic mass is 15.1. The summed E-state index contributed by atoms with van der Waals surface area (Å²) in [5.41, 5.74) is 11.8. The highest BCUT2D eigenvalue weighted by Gasteiger charge is 2.17. The highest BCUT2D eigenvalue weighted by molar-refractivity contribution is 6.10. The minimum atomic E-state index is 1.12. The number of benzene rings is 8. The Hall–Kier alpha value is -6.38. The van der Waals surface area contributed by atoms with Crippen LogP contribution in [0.5, 0.6) is 0 Å². The van der Waals surface area contributed by atoms with Crippen LogP contribution in [0.1, 0.15) is 0 Å². The molecule has 226 valence electrons. The number of hydrogen-bond acceptors (Lipinski definition) is 1. The standard InChI is InChI=1S/C46H32N2/c1-3-17-37(18-4-1)47(40-28-26-33-14-7-8-15-34(33)30-40)39-21-13-16-35(31-39)41-22-9-10-23-42(41)36-27-29-46-44(32-36)43-24-11-12-25-45(43)48(46)38-19-5-2-6-20-38/h1-32H. The van der Waals surface area contributed by atoms with Crippen LogP contribution in [0, 0.1) is 0 Å². The van der Waals surface area contributed by atoms with E-state index in [1.165, 1.54) is 60.5 Å². The molecule has 0 radical (unpaired) electrons. The van der Waals surface area contributed by atoms with E-state index in [4.69, 9.17) is 0 Å². The predicted octanol–water partition coefficient (Wildman–Crippen LogP) is 12.7. The van der Waals surface area contributed by atoms with Crippen molar-refractivity contribution in [3.8, 4) is 27.9 Å². The van der Waals surface area contributed by atoms with Gasteiger partial charge in [-0.25, -0.2) is 0 Å². The molecule has 0 aliphatic carbocycles. The Labute approximate surface area is 280 Å². The van der Waals surface area contributed by atoms with Gasteiger partial charge in [-0.3, -0.25) is 0 Å². The maximum atomic E-state index is 2.37. The molecule has 0 saturated heterocycles. The topological polar surface area (TPSA) is 8.17 Å². The first kappa shape index (κ1) is 27.9. The third-order valence-electron chi connectivity index (χ3n) is 9.35. The summed E-state index contributed by atoms with van der Waals surface area (Å²) in [6.07, 6.45) is 0. The van der Waals surface area contributed by atoms with Crippen LogP contribution in [0.2, 0.25) is 0 Å². The zero-order valence-electron chi connectivity index (χ0n) is 26.4. The molecule has 1 aromatic heterocycles. The molecule has 0 aliphatic heterocycles. The lowest BCUT2D eigenvalue weighted by molar-refractivity contribution is 1.18. The van der Waals surface area contributed by atoms with Gasteiger partial charge in [-0.05, 0) is 99.8 Å². The molecule has 1 heterocycles. The van der Waals surface area contributed by atoms with E-state index in [-0.39, 0.29) is 0 Å². The summed E-state index contributed by atoms with van der Waals surface area (Å²) in [7, 11) is 0. The van der Waals surface area contributed by atoms with E-state index in [0.717, 1.165) is 17.1 Å². The number of fused-ring (bicyclic) bond motifs is 4. The predicted molar refractivity (Wildman–Crippen MR) is 204 cm³/mol. The minimum Gasteiger partial charge on any atom is -0.310 e. The Balaban J connectivity index is 1.18. The van der Waals surface area contributed by atoms with Crippen LogP contribution in [0.15, 0.2) is 194 Å². The fourth-order valence-electron chi connectivity index (χ4n) is 7.13. The molecule has 0 aliphatic rings. The quantitative estimate of drug-likeness (QED) is 0.181. The summed E-state index contributed by atoms with van der Waals surface area (Å²) in [6.45, 7) is 0. The largest absolute Gasteiger partial charge is 0.310 e. The van der Waals surface area contributed by atoms with Gasteiger partial charge in [0.15, 0.2) is 0 Å². The van der Waals surface area contributed by atoms with E-state index >= 15 is 0 Å². The molecular formula is C46H32N2. The van der Waals surface area contributed by atoms with Gasteiger partial charge < -0.3 is 9.47 Å². The van der Waals surface area contributed by atoms with Crippen molar-refractivity contribution in [3.63, 3.8) is 0 Å². The third kappa shape index (κ3) is 4.83. The monoisotopic (exact) mass is 612 g/mol. The maximum Gasteiger partial charge on any atom is 0.0541 e. The molecule has 0 atom stereocenters. The van der Waals surface area contributed by atoms with Crippen molar-refractivity contribution >= 4 is 49.6 Å². The second-order valence-corrected chi connectivity index (χ2v) is 12.2. The molecule has 2 nitrogen and oxygen atoms in total. The van der Waals surface area contributed by atoms with Gasteiger partial charge >= 0.3 is 0 Å². The SMILES string of the molecule is c1ccc(N(c2cccc(-c3ccccc3-c3ccc4c(c3)c3ccccc3n4-c3ccccc3)c2)c2ccc3ccccc3c2)cc1. The van der Waals surface area contributed by atoms with Crippen LogP contribution in [0.4, 0.5) is 17.1 Å². The van der Waals surface area contributed by atoms with E-state index in [9.17, 15) is 0 Å². The third-order valence-corrected chi connectivity index (χ3v) is 9.35. The normalized spacial score (nSPS) is 11.3. The molecule has 0 fully saturated rings. The van der Waals surface area contributed by atoms with Crippen molar-refractivity contribution in [3.05, 3.63) is 194 Å². The molecule has 0 N–H and O–H groups in total. The molecular weight excluding hydrogens is 581 g/mol. The first-order valence-electron chi connectivity index (χ1n) is 16.4. The fourth-order valence-corrected chi connectivity index (χ4v) is 7.13. The van der Waals surface area contributed by atoms with Gasteiger partial charge in [0.1, 0.15) is 0 Å². The van der Waals surface area contributed by atoms with Gasteiger partial charge in [0.05, 0.1) is 11.0 Å². The fraction of sp³-hybridized carbons (Fsp3) is 0. The van der Waals surface area contributed by atoms with Crippen molar-refractivity contribution in [2.24, 2.45) is 0 Å². The molecule has 2 heteroatoms. The first-order chi connectivity index (χ1) is 23.8. The Morgan fingerprint density at radius 1 is 0.333 bits per heavy atom. The maximum absolute atomic E-state index is 2.37. The van der Waals surface area contributed by atoms with E-state index < -0.39 is 0 Å². The van der Waals surface area contributed by atoms with Gasteiger partial charge in [0.2, 0.25) is 0 Å². The van der Waals surface area contributed by atoms with Gasteiger partial charge in [0, 0.05) is 33.5 Å². The number of hydrogen-bond donors (Lipinski definition) is 0. The van der Waals surface area contributed by atoms with E-state index in [0.29, 0.717) is 0 Å². The molecule has 0 amide bonds. The summed E-state index contributed by atoms with van der Waals surface area (Å²) in [5, 5.41) is 4.97. The molecule has 8 aromatic carbocycles. The lowest BCUT2D eigenvalue weighted by atomic mass is 9.93. The number of nitrogens with zero attached hydrogens (tertiary/aromatic N) is 2. The average Bonchev–Trinajstić information content (AvgIpc) is 3.49. The van der Waals surface area contributed by atoms with Crippen LogP contribution < -0.4 is 4.90 Å². The Bertz CT molecular complexity index is 2560. The molecule has 0 spiro atoms. The average molecular weight is 613 g/mol. The van der Waals surface area contributed by atoms with Crippen molar-refractivity contribution in [1.82, 2.24) is 4.57 Å². The molecule has 0 unspecified atom stereocenters. The van der Waals surface area contributed by atoms with Crippen molar-refractivity contribution in [2.45, 2.75) is 0 Å². The summed E-state index contributed by atoms with van der Waals surface area (Å²) >= 11 is 0. The zero-order valence-corrected chi connectivity index (χ0v) is 26.4. The van der Waals surface area contributed by atoms with E-state index in [1.54, 1.807) is 0 Å². The van der Waals surface area contributed by atoms with Gasteiger partial charge in [-0.1, -0.05) is 127 Å².